The molecule has 3 rings (SSSR count). The minimum absolute atomic E-state index is 0.153. The van der Waals surface area contributed by atoms with Crippen molar-refractivity contribution in [1.29, 1.82) is 0 Å². The number of aliphatic hydroxyl groups excluding tert-OH is 2. The monoisotopic (exact) mass is 583 g/mol. The lowest BCUT2D eigenvalue weighted by Gasteiger charge is -2.47. The fourth-order valence-electron chi connectivity index (χ4n) is 4.72. The second-order valence-electron chi connectivity index (χ2n) is 9.82. The highest BCUT2D eigenvalue weighted by Gasteiger charge is 2.54. The van der Waals surface area contributed by atoms with Crippen LogP contribution in [0.25, 0.3) is 0 Å². The molecule has 41 heavy (non-hydrogen) atoms. The third-order valence-electron chi connectivity index (χ3n) is 6.38. The Morgan fingerprint density at radius 1 is 0.829 bits per heavy atom. The molecule has 2 aliphatic rings. The average molecular weight is 584 g/mol. The molecule has 0 bridgehead atoms. The standard InChI is InChI=1S/C27H37NO13/c1-13-22(37-15(3)30)24(38-16(4)31)25(39-17(5)32)27(36-13)41-23-20(28-14(2)29)26(34)40-19(21(23)33)12-35-11-18-9-7-6-8-10-18/h6-10,13,19-27,33-34H,11-12H2,1-5H3,(H,28,29)/t13-,19+,20+,21+,22+,23+,24+,25-,26+,27+/m0/s1. The van der Waals surface area contributed by atoms with Crippen molar-refractivity contribution < 1.29 is 62.5 Å². The van der Waals surface area contributed by atoms with Crippen molar-refractivity contribution in [2.75, 3.05) is 6.61 Å². The van der Waals surface area contributed by atoms with E-state index in [1.165, 1.54) is 13.8 Å². The quantitative estimate of drug-likeness (QED) is 0.241. The first-order valence-electron chi connectivity index (χ1n) is 13.1. The van der Waals surface area contributed by atoms with Crippen LogP contribution in [0.1, 0.15) is 40.2 Å². The predicted molar refractivity (Wildman–Crippen MR) is 136 cm³/mol. The normalized spacial score (nSPS) is 33.3. The van der Waals surface area contributed by atoms with Crippen molar-refractivity contribution in [1.82, 2.24) is 5.32 Å². The number of carbonyl (C=O) groups is 4. The molecular weight excluding hydrogens is 546 g/mol. The predicted octanol–water partition coefficient (Wildman–Crippen LogP) is -0.289. The first-order chi connectivity index (χ1) is 19.4. The molecule has 1 amide bonds. The minimum Gasteiger partial charge on any atom is -0.456 e. The fourth-order valence-corrected chi connectivity index (χ4v) is 4.72. The number of benzene rings is 1. The van der Waals surface area contributed by atoms with Gasteiger partial charge in [-0.2, -0.15) is 0 Å². The highest BCUT2D eigenvalue weighted by Crippen LogP contribution is 2.33. The van der Waals surface area contributed by atoms with E-state index < -0.39 is 85.2 Å². The number of hydrogen-bond acceptors (Lipinski definition) is 13. The summed E-state index contributed by atoms with van der Waals surface area (Å²) in [5.74, 6) is -2.81. The van der Waals surface area contributed by atoms with Crippen LogP contribution in [0.2, 0.25) is 0 Å². The molecule has 14 heteroatoms. The number of esters is 3. The fraction of sp³-hybridized carbons (Fsp3) is 0.630. The number of nitrogens with one attached hydrogen (secondary N) is 1. The van der Waals surface area contributed by atoms with E-state index >= 15 is 0 Å². The molecule has 10 atom stereocenters. The van der Waals surface area contributed by atoms with Crippen LogP contribution >= 0.6 is 0 Å². The summed E-state index contributed by atoms with van der Waals surface area (Å²) in [5.41, 5.74) is 0.870. The van der Waals surface area contributed by atoms with Crippen molar-refractivity contribution in [3.63, 3.8) is 0 Å². The Morgan fingerprint density at radius 3 is 2.00 bits per heavy atom. The molecule has 2 aliphatic heterocycles. The Labute approximate surface area is 237 Å². The summed E-state index contributed by atoms with van der Waals surface area (Å²) in [6.07, 6.45) is -12.0. The molecule has 0 saturated carbocycles. The Bertz CT molecular complexity index is 1050. The van der Waals surface area contributed by atoms with Crippen LogP contribution in [-0.2, 0) is 58.9 Å². The second kappa shape index (κ2) is 14.7. The maximum atomic E-state index is 12.0. The van der Waals surface area contributed by atoms with E-state index in [2.05, 4.69) is 5.32 Å². The minimum atomic E-state index is -1.64. The average Bonchev–Trinajstić information content (AvgIpc) is 2.88. The van der Waals surface area contributed by atoms with Crippen molar-refractivity contribution >= 4 is 23.8 Å². The van der Waals surface area contributed by atoms with E-state index in [-0.39, 0.29) is 13.2 Å². The number of rotatable bonds is 10. The second-order valence-corrected chi connectivity index (χ2v) is 9.82. The number of amides is 1. The molecule has 1 aromatic carbocycles. The zero-order valence-corrected chi connectivity index (χ0v) is 23.5. The molecule has 14 nitrogen and oxygen atoms in total. The molecule has 1 aromatic rings. The van der Waals surface area contributed by atoms with Gasteiger partial charge in [0.25, 0.3) is 0 Å². The van der Waals surface area contributed by atoms with Gasteiger partial charge in [0.2, 0.25) is 5.91 Å². The van der Waals surface area contributed by atoms with Gasteiger partial charge >= 0.3 is 17.9 Å². The summed E-state index contributed by atoms with van der Waals surface area (Å²) in [6.45, 7) is 6.14. The highest BCUT2D eigenvalue weighted by molar-refractivity contribution is 5.73. The van der Waals surface area contributed by atoms with Gasteiger partial charge in [-0.3, -0.25) is 19.2 Å². The van der Waals surface area contributed by atoms with Gasteiger partial charge in [0.1, 0.15) is 24.4 Å². The third-order valence-corrected chi connectivity index (χ3v) is 6.38. The molecule has 0 unspecified atom stereocenters. The van der Waals surface area contributed by atoms with Crippen LogP contribution in [0.3, 0.4) is 0 Å². The van der Waals surface area contributed by atoms with Crippen LogP contribution in [-0.4, -0.2) is 102 Å². The summed E-state index contributed by atoms with van der Waals surface area (Å²) in [4.78, 5) is 47.7. The van der Waals surface area contributed by atoms with Crippen molar-refractivity contribution in [3.05, 3.63) is 35.9 Å². The first kappa shape index (κ1) is 32.4. The molecule has 2 heterocycles. The van der Waals surface area contributed by atoms with Crippen molar-refractivity contribution in [2.24, 2.45) is 0 Å². The van der Waals surface area contributed by atoms with Crippen LogP contribution in [0.4, 0.5) is 0 Å². The molecule has 2 saturated heterocycles. The van der Waals surface area contributed by atoms with Gasteiger partial charge in [-0.1, -0.05) is 30.3 Å². The highest BCUT2D eigenvalue weighted by atomic mass is 16.7. The summed E-state index contributed by atoms with van der Waals surface area (Å²) in [7, 11) is 0. The molecule has 2 fully saturated rings. The van der Waals surface area contributed by atoms with E-state index in [0.29, 0.717) is 0 Å². The van der Waals surface area contributed by atoms with Crippen molar-refractivity contribution in [3.8, 4) is 0 Å². The molecule has 0 spiro atoms. The van der Waals surface area contributed by atoms with Gasteiger partial charge in [0, 0.05) is 27.7 Å². The van der Waals surface area contributed by atoms with Gasteiger partial charge in [0.05, 0.1) is 19.3 Å². The van der Waals surface area contributed by atoms with Gasteiger partial charge < -0.3 is 48.7 Å². The maximum absolute atomic E-state index is 12.0. The van der Waals surface area contributed by atoms with Crippen molar-refractivity contribution in [2.45, 2.75) is 103 Å². The lowest BCUT2D eigenvalue weighted by atomic mass is 9.95. The lowest BCUT2D eigenvalue weighted by Crippen LogP contribution is -2.68. The SMILES string of the molecule is CC(=O)N[C@@H]1[C@@H](O[C@H]2O[C@@H](C)[C@@H](OC(C)=O)[C@@H](OC(C)=O)[C@@H]2OC(C)=O)[C@H](O)[C@@H](COCc2ccccc2)O[C@H]1O. The maximum Gasteiger partial charge on any atom is 0.303 e. The molecule has 0 aliphatic carbocycles. The van der Waals surface area contributed by atoms with E-state index in [1.807, 2.05) is 30.3 Å². The van der Waals surface area contributed by atoms with Crippen LogP contribution < -0.4 is 5.32 Å². The number of ether oxygens (including phenoxy) is 7. The number of carbonyl (C=O) groups excluding carboxylic acids is 4. The zero-order valence-electron chi connectivity index (χ0n) is 23.5. The largest absolute Gasteiger partial charge is 0.456 e. The molecular formula is C27H37NO13. The zero-order chi connectivity index (χ0) is 30.3. The first-order valence-corrected chi connectivity index (χ1v) is 13.1. The molecule has 228 valence electrons. The van der Waals surface area contributed by atoms with Crippen LogP contribution in [0.5, 0.6) is 0 Å². The summed E-state index contributed by atoms with van der Waals surface area (Å²) in [6, 6.07) is 7.96. The number of hydrogen-bond donors (Lipinski definition) is 3. The molecule has 0 radical (unpaired) electrons. The van der Waals surface area contributed by atoms with E-state index in [1.54, 1.807) is 0 Å². The van der Waals surface area contributed by atoms with Gasteiger partial charge in [-0.25, -0.2) is 0 Å². The third kappa shape index (κ3) is 8.92. The number of aliphatic hydroxyl groups is 2. The van der Waals surface area contributed by atoms with Gasteiger partial charge in [-0.15, -0.1) is 0 Å². The Hall–Kier alpha value is -3.14. The Kier molecular flexibility index (Phi) is 11.6. The van der Waals surface area contributed by atoms with E-state index in [0.717, 1.165) is 26.3 Å². The summed E-state index contributed by atoms with van der Waals surface area (Å²) in [5, 5.41) is 24.5. The Balaban J connectivity index is 1.87. The molecule has 0 aromatic heterocycles. The topological polar surface area (TPSA) is 185 Å². The van der Waals surface area contributed by atoms with Gasteiger partial charge in [0.15, 0.2) is 30.9 Å². The Morgan fingerprint density at radius 2 is 1.41 bits per heavy atom. The lowest BCUT2D eigenvalue weighted by molar-refractivity contribution is -0.340. The van der Waals surface area contributed by atoms with Gasteiger partial charge in [-0.05, 0) is 12.5 Å². The van der Waals surface area contributed by atoms with Crippen LogP contribution in [0, 0.1) is 0 Å². The summed E-state index contributed by atoms with van der Waals surface area (Å²) >= 11 is 0. The van der Waals surface area contributed by atoms with Crippen LogP contribution in [0.15, 0.2) is 30.3 Å². The summed E-state index contributed by atoms with van der Waals surface area (Å²) < 4.78 is 39.3. The van der Waals surface area contributed by atoms with E-state index in [4.69, 9.17) is 33.2 Å². The van der Waals surface area contributed by atoms with E-state index in [9.17, 15) is 29.4 Å². The molecule has 3 N–H and O–H groups in total. The smallest absolute Gasteiger partial charge is 0.303 e.